The zero-order valence-electron chi connectivity index (χ0n) is 8.99. The minimum absolute atomic E-state index is 0.298. The highest BCUT2D eigenvalue weighted by atomic mass is 16.7. The molecule has 2 aromatic carbocycles. The SMILES string of the molecule is Cc1ccc(-c2[c]ccc3c2OCO3)cc1. The maximum atomic E-state index is 5.46. The van der Waals surface area contributed by atoms with Crippen molar-refractivity contribution in [1.82, 2.24) is 0 Å². The Kier molecular flexibility index (Phi) is 2.07. The zero-order valence-corrected chi connectivity index (χ0v) is 8.99. The molecule has 2 nitrogen and oxygen atoms in total. The normalized spacial score (nSPS) is 12.8. The Bertz CT molecular complexity index is 515. The molecule has 2 heteroatoms. The van der Waals surface area contributed by atoms with E-state index < -0.39 is 0 Å². The van der Waals surface area contributed by atoms with Gasteiger partial charge in [-0.15, -0.1) is 0 Å². The van der Waals surface area contributed by atoms with Gasteiger partial charge in [-0.3, -0.25) is 0 Å². The van der Waals surface area contributed by atoms with Crippen molar-refractivity contribution in [1.29, 1.82) is 0 Å². The fourth-order valence-electron chi connectivity index (χ4n) is 1.81. The third-order valence-corrected chi connectivity index (χ3v) is 2.67. The van der Waals surface area contributed by atoms with Crippen molar-refractivity contribution in [2.24, 2.45) is 0 Å². The van der Waals surface area contributed by atoms with Crippen molar-refractivity contribution in [2.45, 2.75) is 6.92 Å². The lowest BCUT2D eigenvalue weighted by Crippen LogP contribution is -1.93. The van der Waals surface area contributed by atoms with Gasteiger partial charge in [0, 0.05) is 5.56 Å². The molecule has 0 fully saturated rings. The molecule has 1 aliphatic rings. The fourth-order valence-corrected chi connectivity index (χ4v) is 1.81. The summed E-state index contributed by atoms with van der Waals surface area (Å²) < 4.78 is 10.8. The third kappa shape index (κ3) is 1.43. The number of hydrogen-bond donors (Lipinski definition) is 0. The van der Waals surface area contributed by atoms with E-state index in [1.807, 2.05) is 12.1 Å². The zero-order chi connectivity index (χ0) is 11.0. The molecule has 1 radical (unpaired) electrons. The summed E-state index contributed by atoms with van der Waals surface area (Å²) in [5.74, 6) is 1.60. The molecular formula is C14H11O2. The largest absolute Gasteiger partial charge is 0.454 e. The van der Waals surface area contributed by atoms with E-state index in [4.69, 9.17) is 9.47 Å². The highest BCUT2D eigenvalue weighted by molar-refractivity contribution is 5.73. The van der Waals surface area contributed by atoms with E-state index >= 15 is 0 Å². The van der Waals surface area contributed by atoms with E-state index in [-0.39, 0.29) is 0 Å². The van der Waals surface area contributed by atoms with Gasteiger partial charge < -0.3 is 9.47 Å². The van der Waals surface area contributed by atoms with Gasteiger partial charge in [0.2, 0.25) is 6.79 Å². The lowest BCUT2D eigenvalue weighted by atomic mass is 10.0. The molecule has 0 N–H and O–H groups in total. The summed E-state index contributed by atoms with van der Waals surface area (Å²) in [5, 5.41) is 0. The van der Waals surface area contributed by atoms with Crippen LogP contribution in [0.25, 0.3) is 11.1 Å². The van der Waals surface area contributed by atoms with E-state index in [9.17, 15) is 0 Å². The molecule has 2 aromatic rings. The maximum absolute atomic E-state index is 5.46. The van der Waals surface area contributed by atoms with E-state index in [0.29, 0.717) is 6.79 Å². The molecule has 16 heavy (non-hydrogen) atoms. The van der Waals surface area contributed by atoms with Crippen LogP contribution in [0.2, 0.25) is 0 Å². The first kappa shape index (κ1) is 9.28. The van der Waals surface area contributed by atoms with E-state index in [1.165, 1.54) is 5.56 Å². The molecule has 3 rings (SSSR count). The predicted molar refractivity (Wildman–Crippen MR) is 61.6 cm³/mol. The number of fused-ring (bicyclic) bond motifs is 1. The quantitative estimate of drug-likeness (QED) is 0.721. The average Bonchev–Trinajstić information content (AvgIpc) is 2.78. The maximum Gasteiger partial charge on any atom is 0.231 e. The van der Waals surface area contributed by atoms with Crippen molar-refractivity contribution < 1.29 is 9.47 Å². The molecule has 1 heterocycles. The summed E-state index contributed by atoms with van der Waals surface area (Å²) in [4.78, 5) is 0. The van der Waals surface area contributed by atoms with Crippen LogP contribution >= 0.6 is 0 Å². The monoisotopic (exact) mass is 211 g/mol. The second-order valence-corrected chi connectivity index (χ2v) is 3.82. The molecular weight excluding hydrogens is 200 g/mol. The average molecular weight is 211 g/mol. The molecule has 0 saturated carbocycles. The van der Waals surface area contributed by atoms with Crippen LogP contribution in [0.1, 0.15) is 5.56 Å². The number of hydrogen-bond acceptors (Lipinski definition) is 2. The first-order valence-corrected chi connectivity index (χ1v) is 5.22. The number of rotatable bonds is 1. The van der Waals surface area contributed by atoms with Gasteiger partial charge >= 0.3 is 0 Å². The van der Waals surface area contributed by atoms with Gasteiger partial charge in [0.25, 0.3) is 0 Å². The Morgan fingerprint density at radius 1 is 1.06 bits per heavy atom. The van der Waals surface area contributed by atoms with Crippen LogP contribution in [0.5, 0.6) is 11.5 Å². The molecule has 0 bridgehead atoms. The van der Waals surface area contributed by atoms with Crippen LogP contribution in [0.15, 0.2) is 36.4 Å². The van der Waals surface area contributed by atoms with Gasteiger partial charge in [0.1, 0.15) is 0 Å². The summed E-state index contributed by atoms with van der Waals surface area (Å²) in [7, 11) is 0. The Morgan fingerprint density at radius 3 is 2.69 bits per heavy atom. The van der Waals surface area contributed by atoms with Gasteiger partial charge in [0.05, 0.1) is 0 Å². The number of aryl methyl sites for hydroxylation is 1. The summed E-state index contributed by atoms with van der Waals surface area (Å²) >= 11 is 0. The lowest BCUT2D eigenvalue weighted by molar-refractivity contribution is 0.174. The highest BCUT2D eigenvalue weighted by Crippen LogP contribution is 2.40. The van der Waals surface area contributed by atoms with Crippen LogP contribution in [0, 0.1) is 13.0 Å². The van der Waals surface area contributed by atoms with E-state index in [2.05, 4.69) is 37.3 Å². The van der Waals surface area contributed by atoms with Gasteiger partial charge in [-0.1, -0.05) is 29.8 Å². The molecule has 0 saturated heterocycles. The van der Waals surface area contributed by atoms with Crippen molar-refractivity contribution in [3.05, 3.63) is 48.0 Å². The van der Waals surface area contributed by atoms with Crippen molar-refractivity contribution in [3.63, 3.8) is 0 Å². The molecule has 0 atom stereocenters. The molecule has 0 aromatic heterocycles. The minimum Gasteiger partial charge on any atom is -0.454 e. The second kappa shape index (κ2) is 3.56. The summed E-state index contributed by atoms with van der Waals surface area (Å²) in [6.07, 6.45) is 0. The predicted octanol–water partition coefficient (Wildman–Crippen LogP) is 3.19. The minimum atomic E-state index is 0.298. The highest BCUT2D eigenvalue weighted by Gasteiger charge is 2.18. The molecule has 0 aliphatic carbocycles. The number of ether oxygens (including phenoxy) is 2. The molecule has 0 amide bonds. The molecule has 0 spiro atoms. The fraction of sp³-hybridized carbons (Fsp3) is 0.143. The van der Waals surface area contributed by atoms with Crippen molar-refractivity contribution >= 4 is 0 Å². The summed E-state index contributed by atoms with van der Waals surface area (Å²) in [6.45, 7) is 2.37. The summed E-state index contributed by atoms with van der Waals surface area (Å²) in [6, 6.07) is 15.2. The number of benzene rings is 2. The van der Waals surface area contributed by atoms with Crippen molar-refractivity contribution in [2.75, 3.05) is 6.79 Å². The first-order chi connectivity index (χ1) is 7.84. The first-order valence-electron chi connectivity index (χ1n) is 5.22. The van der Waals surface area contributed by atoms with Gasteiger partial charge in [-0.05, 0) is 30.7 Å². The van der Waals surface area contributed by atoms with Gasteiger partial charge in [-0.2, -0.15) is 0 Å². The van der Waals surface area contributed by atoms with Crippen LogP contribution in [0.3, 0.4) is 0 Å². The van der Waals surface area contributed by atoms with Gasteiger partial charge in [0.15, 0.2) is 11.5 Å². The van der Waals surface area contributed by atoms with Crippen molar-refractivity contribution in [3.8, 4) is 22.6 Å². The molecule has 1 aliphatic heterocycles. The van der Waals surface area contributed by atoms with E-state index in [0.717, 1.165) is 22.6 Å². The summed E-state index contributed by atoms with van der Waals surface area (Å²) in [5.41, 5.74) is 3.32. The second-order valence-electron chi connectivity index (χ2n) is 3.82. The Labute approximate surface area is 94.4 Å². The molecule has 0 unspecified atom stereocenters. The van der Waals surface area contributed by atoms with Crippen LogP contribution < -0.4 is 9.47 Å². The smallest absolute Gasteiger partial charge is 0.231 e. The van der Waals surface area contributed by atoms with Crippen LogP contribution in [-0.2, 0) is 0 Å². The standard InChI is InChI=1S/C14H11O2/c1-10-5-7-11(8-6-10)12-3-2-4-13-14(12)16-9-15-13/h2,4-8H,9H2,1H3. The Hall–Kier alpha value is -1.96. The van der Waals surface area contributed by atoms with Gasteiger partial charge in [-0.25, -0.2) is 0 Å². The topological polar surface area (TPSA) is 18.5 Å². The Morgan fingerprint density at radius 2 is 1.88 bits per heavy atom. The van der Waals surface area contributed by atoms with Crippen LogP contribution in [-0.4, -0.2) is 6.79 Å². The molecule has 79 valence electrons. The third-order valence-electron chi connectivity index (χ3n) is 2.67. The van der Waals surface area contributed by atoms with E-state index in [1.54, 1.807) is 0 Å². The Balaban J connectivity index is 2.13. The lowest BCUT2D eigenvalue weighted by Gasteiger charge is -2.05. The van der Waals surface area contributed by atoms with Crippen LogP contribution in [0.4, 0.5) is 0 Å².